The Hall–Kier alpha value is -0.290. The van der Waals surface area contributed by atoms with E-state index in [4.69, 9.17) is 4.74 Å². The van der Waals surface area contributed by atoms with Crippen LogP contribution in [0.4, 0.5) is 13.2 Å². The van der Waals surface area contributed by atoms with Gasteiger partial charge in [-0.05, 0) is 13.8 Å². The molecule has 0 saturated carbocycles. The second kappa shape index (κ2) is 3.84. The van der Waals surface area contributed by atoms with Crippen molar-refractivity contribution < 1.29 is 17.9 Å². The van der Waals surface area contributed by atoms with Crippen LogP contribution in [0.3, 0.4) is 0 Å². The third-order valence-corrected chi connectivity index (χ3v) is 2.21. The Morgan fingerprint density at radius 2 is 2.00 bits per heavy atom. The molecule has 5 heteroatoms. The molecule has 0 aliphatic carbocycles. The fourth-order valence-corrected chi connectivity index (χ4v) is 1.52. The Labute approximate surface area is 75.7 Å². The predicted octanol–water partition coefficient (Wildman–Crippen LogP) is 1.66. The van der Waals surface area contributed by atoms with Gasteiger partial charge in [0.05, 0.1) is 13.2 Å². The van der Waals surface area contributed by atoms with Gasteiger partial charge in [-0.2, -0.15) is 13.2 Å². The highest BCUT2D eigenvalue weighted by molar-refractivity contribution is 4.83. The van der Waals surface area contributed by atoms with Crippen LogP contribution in [-0.4, -0.2) is 42.9 Å². The van der Waals surface area contributed by atoms with Crippen molar-refractivity contribution in [2.45, 2.75) is 32.1 Å². The van der Waals surface area contributed by atoms with Gasteiger partial charge >= 0.3 is 6.18 Å². The molecular weight excluding hydrogens is 183 g/mol. The van der Waals surface area contributed by atoms with E-state index in [2.05, 4.69) is 0 Å². The van der Waals surface area contributed by atoms with Crippen molar-refractivity contribution >= 4 is 0 Å². The molecule has 0 aromatic carbocycles. The van der Waals surface area contributed by atoms with Gasteiger partial charge in [0.2, 0.25) is 0 Å². The van der Waals surface area contributed by atoms with Gasteiger partial charge in [0.1, 0.15) is 6.04 Å². The monoisotopic (exact) mass is 197 g/mol. The minimum atomic E-state index is -4.18. The third kappa shape index (κ3) is 2.57. The molecule has 0 unspecified atom stereocenters. The normalized spacial score (nSPS) is 26.8. The van der Waals surface area contributed by atoms with Crippen LogP contribution in [-0.2, 0) is 4.74 Å². The molecule has 2 nitrogen and oxygen atoms in total. The highest BCUT2D eigenvalue weighted by atomic mass is 19.4. The molecule has 13 heavy (non-hydrogen) atoms. The van der Waals surface area contributed by atoms with E-state index in [-0.39, 0.29) is 12.6 Å². The van der Waals surface area contributed by atoms with E-state index in [1.807, 2.05) is 0 Å². The van der Waals surface area contributed by atoms with Gasteiger partial charge < -0.3 is 4.74 Å². The van der Waals surface area contributed by atoms with Crippen LogP contribution < -0.4 is 0 Å². The minimum absolute atomic E-state index is 0.0875. The van der Waals surface area contributed by atoms with E-state index in [0.717, 1.165) is 0 Å². The zero-order valence-corrected chi connectivity index (χ0v) is 7.77. The zero-order valence-electron chi connectivity index (χ0n) is 7.77. The molecule has 1 heterocycles. The van der Waals surface area contributed by atoms with Gasteiger partial charge in [0.25, 0.3) is 0 Å². The molecule has 0 aromatic heterocycles. The average molecular weight is 197 g/mol. The predicted molar refractivity (Wildman–Crippen MR) is 42.5 cm³/mol. The number of hydrogen-bond donors (Lipinski definition) is 0. The van der Waals surface area contributed by atoms with Gasteiger partial charge in [0.15, 0.2) is 0 Å². The van der Waals surface area contributed by atoms with Crippen LogP contribution in [0.15, 0.2) is 0 Å². The molecule has 1 saturated heterocycles. The van der Waals surface area contributed by atoms with Crippen LogP contribution in [0.25, 0.3) is 0 Å². The quantitative estimate of drug-likeness (QED) is 0.633. The van der Waals surface area contributed by atoms with Crippen molar-refractivity contribution in [2.75, 3.05) is 19.8 Å². The summed E-state index contributed by atoms with van der Waals surface area (Å²) >= 11 is 0. The third-order valence-electron chi connectivity index (χ3n) is 2.21. The summed E-state index contributed by atoms with van der Waals surface area (Å²) in [6.07, 6.45) is -4.18. The molecule has 1 aliphatic heterocycles. The second-order valence-corrected chi connectivity index (χ2v) is 3.46. The molecule has 0 aromatic rings. The van der Waals surface area contributed by atoms with Crippen molar-refractivity contribution in [1.82, 2.24) is 4.90 Å². The number of ether oxygens (including phenoxy) is 1. The Balaban J connectivity index is 2.67. The maximum Gasteiger partial charge on any atom is 0.406 e. The summed E-state index contributed by atoms with van der Waals surface area (Å²) in [6, 6.07) is -1.52. The average Bonchev–Trinajstić information content (AvgIpc) is 2.03. The summed E-state index contributed by atoms with van der Waals surface area (Å²) in [6.45, 7) is 4.06. The summed E-state index contributed by atoms with van der Waals surface area (Å²) in [5, 5.41) is 0. The summed E-state index contributed by atoms with van der Waals surface area (Å²) < 4.78 is 42.1. The first kappa shape index (κ1) is 10.8. The fourth-order valence-electron chi connectivity index (χ4n) is 1.52. The summed E-state index contributed by atoms with van der Waals surface area (Å²) in [5.74, 6) is 0. The topological polar surface area (TPSA) is 12.5 Å². The molecule has 1 aliphatic rings. The molecule has 78 valence electrons. The molecule has 1 rings (SSSR count). The maximum atomic E-state index is 12.4. The molecule has 0 bridgehead atoms. The molecular formula is C8H14F3NO. The van der Waals surface area contributed by atoms with Gasteiger partial charge in [-0.3, -0.25) is 4.90 Å². The molecule has 1 fully saturated rings. The highest BCUT2D eigenvalue weighted by Gasteiger charge is 2.45. The van der Waals surface area contributed by atoms with Crippen molar-refractivity contribution in [1.29, 1.82) is 0 Å². The first-order valence-electron chi connectivity index (χ1n) is 4.33. The number of halogens is 3. The van der Waals surface area contributed by atoms with Crippen LogP contribution in [0.5, 0.6) is 0 Å². The smallest absolute Gasteiger partial charge is 0.378 e. The standard InChI is InChI=1S/C8H14F3NO/c1-6(2)12-3-4-13-5-7(12)8(9,10)11/h6-7H,3-5H2,1-2H3/t7-/m0/s1. The number of rotatable bonds is 1. The van der Waals surface area contributed by atoms with Crippen LogP contribution in [0.2, 0.25) is 0 Å². The largest absolute Gasteiger partial charge is 0.406 e. The van der Waals surface area contributed by atoms with E-state index in [1.54, 1.807) is 13.8 Å². The Kier molecular flexibility index (Phi) is 3.18. The lowest BCUT2D eigenvalue weighted by atomic mass is 10.1. The lowest BCUT2D eigenvalue weighted by molar-refractivity contribution is -0.216. The lowest BCUT2D eigenvalue weighted by Gasteiger charge is -2.39. The minimum Gasteiger partial charge on any atom is -0.378 e. The Morgan fingerprint density at radius 1 is 1.38 bits per heavy atom. The van der Waals surface area contributed by atoms with Crippen molar-refractivity contribution in [3.63, 3.8) is 0 Å². The van der Waals surface area contributed by atoms with Crippen LogP contribution in [0, 0.1) is 0 Å². The number of nitrogens with zero attached hydrogens (tertiary/aromatic N) is 1. The van der Waals surface area contributed by atoms with E-state index in [9.17, 15) is 13.2 Å². The second-order valence-electron chi connectivity index (χ2n) is 3.46. The molecule has 0 amide bonds. The SMILES string of the molecule is CC(C)N1CCOC[C@H]1C(F)(F)F. The number of alkyl halides is 3. The summed E-state index contributed by atoms with van der Waals surface area (Å²) in [4.78, 5) is 1.43. The Morgan fingerprint density at radius 3 is 2.38 bits per heavy atom. The number of morpholine rings is 1. The Bertz CT molecular complexity index is 169. The van der Waals surface area contributed by atoms with E-state index in [1.165, 1.54) is 4.90 Å². The molecule has 0 spiro atoms. The van der Waals surface area contributed by atoms with Crippen LogP contribution >= 0.6 is 0 Å². The van der Waals surface area contributed by atoms with Crippen molar-refractivity contribution in [2.24, 2.45) is 0 Å². The van der Waals surface area contributed by atoms with Crippen LogP contribution in [0.1, 0.15) is 13.8 Å². The molecule has 0 radical (unpaired) electrons. The fraction of sp³-hybridized carbons (Fsp3) is 1.00. The van der Waals surface area contributed by atoms with Crippen molar-refractivity contribution in [3.8, 4) is 0 Å². The lowest BCUT2D eigenvalue weighted by Crippen LogP contribution is -2.55. The maximum absolute atomic E-state index is 12.4. The van der Waals surface area contributed by atoms with Crippen molar-refractivity contribution in [3.05, 3.63) is 0 Å². The van der Waals surface area contributed by atoms with Gasteiger partial charge in [0, 0.05) is 12.6 Å². The van der Waals surface area contributed by atoms with Gasteiger partial charge in [-0.25, -0.2) is 0 Å². The van der Waals surface area contributed by atoms with Gasteiger partial charge in [-0.15, -0.1) is 0 Å². The highest BCUT2D eigenvalue weighted by Crippen LogP contribution is 2.28. The van der Waals surface area contributed by atoms with E-state index >= 15 is 0 Å². The first-order chi connectivity index (χ1) is 5.93. The zero-order chi connectivity index (χ0) is 10.1. The summed E-state index contributed by atoms with van der Waals surface area (Å²) in [7, 11) is 0. The molecule has 1 atom stereocenters. The van der Waals surface area contributed by atoms with E-state index in [0.29, 0.717) is 13.2 Å². The van der Waals surface area contributed by atoms with Gasteiger partial charge in [-0.1, -0.05) is 0 Å². The van der Waals surface area contributed by atoms with E-state index < -0.39 is 12.2 Å². The first-order valence-corrected chi connectivity index (χ1v) is 4.33. The number of hydrogen-bond acceptors (Lipinski definition) is 2. The summed E-state index contributed by atoms with van der Waals surface area (Å²) in [5.41, 5.74) is 0. The molecule has 0 N–H and O–H groups in total.